The maximum Gasteiger partial charge on any atom is 0.123 e. The van der Waals surface area contributed by atoms with Crippen LogP contribution in [-0.4, -0.2) is 12.5 Å². The first kappa shape index (κ1) is 14.3. The number of halogens is 3. The molecule has 2 aromatic carbocycles. The molecular weight excluding hydrogens is 286 g/mol. The SMILES string of the molecule is Fc1ccc(C(OCCCl)c2ccc(Cl)cc2)cc1. The Balaban J connectivity index is 2.29. The van der Waals surface area contributed by atoms with Crippen LogP contribution in [0.1, 0.15) is 17.2 Å². The molecule has 2 rings (SSSR count). The van der Waals surface area contributed by atoms with Crippen LogP contribution in [0.25, 0.3) is 0 Å². The van der Waals surface area contributed by atoms with E-state index in [4.69, 9.17) is 27.9 Å². The molecule has 0 saturated carbocycles. The predicted molar refractivity (Wildman–Crippen MR) is 76.4 cm³/mol. The summed E-state index contributed by atoms with van der Waals surface area (Å²) in [4.78, 5) is 0. The summed E-state index contributed by atoms with van der Waals surface area (Å²) in [6, 6.07) is 13.7. The largest absolute Gasteiger partial charge is 0.368 e. The van der Waals surface area contributed by atoms with Gasteiger partial charge in [-0.15, -0.1) is 11.6 Å². The molecule has 19 heavy (non-hydrogen) atoms. The molecule has 0 aliphatic heterocycles. The second kappa shape index (κ2) is 6.90. The van der Waals surface area contributed by atoms with E-state index in [1.807, 2.05) is 12.1 Å². The molecule has 100 valence electrons. The summed E-state index contributed by atoms with van der Waals surface area (Å²) in [6.07, 6.45) is -0.267. The van der Waals surface area contributed by atoms with Crippen LogP contribution in [0.3, 0.4) is 0 Å². The third-order valence-corrected chi connectivity index (χ3v) is 3.11. The lowest BCUT2D eigenvalue weighted by Gasteiger charge is -2.18. The fourth-order valence-corrected chi connectivity index (χ4v) is 2.04. The monoisotopic (exact) mass is 298 g/mol. The Morgan fingerprint density at radius 2 is 1.47 bits per heavy atom. The van der Waals surface area contributed by atoms with Crippen molar-refractivity contribution in [3.63, 3.8) is 0 Å². The molecular formula is C15H13Cl2FO. The molecule has 0 spiro atoms. The lowest BCUT2D eigenvalue weighted by Crippen LogP contribution is -2.08. The molecule has 0 aromatic heterocycles. The highest BCUT2D eigenvalue weighted by Gasteiger charge is 2.14. The topological polar surface area (TPSA) is 9.23 Å². The lowest BCUT2D eigenvalue weighted by atomic mass is 10.0. The molecule has 0 radical (unpaired) electrons. The van der Waals surface area contributed by atoms with Gasteiger partial charge in [-0.25, -0.2) is 4.39 Å². The maximum absolute atomic E-state index is 13.0. The summed E-state index contributed by atoms with van der Waals surface area (Å²) in [7, 11) is 0. The number of rotatable bonds is 5. The minimum Gasteiger partial charge on any atom is -0.368 e. The van der Waals surface area contributed by atoms with Gasteiger partial charge in [-0.3, -0.25) is 0 Å². The maximum atomic E-state index is 13.0. The van der Waals surface area contributed by atoms with Crippen molar-refractivity contribution in [3.05, 3.63) is 70.5 Å². The zero-order chi connectivity index (χ0) is 13.7. The summed E-state index contributed by atoms with van der Waals surface area (Å²) in [5.74, 6) is 0.140. The van der Waals surface area contributed by atoms with Crippen LogP contribution >= 0.6 is 23.2 Å². The van der Waals surface area contributed by atoms with Crippen molar-refractivity contribution < 1.29 is 9.13 Å². The molecule has 0 aliphatic carbocycles. The summed E-state index contributed by atoms with van der Waals surface area (Å²) in [5, 5.41) is 0.666. The summed E-state index contributed by atoms with van der Waals surface area (Å²) >= 11 is 11.5. The normalized spacial score (nSPS) is 12.4. The summed E-state index contributed by atoms with van der Waals surface area (Å²) in [5.41, 5.74) is 1.84. The van der Waals surface area contributed by atoms with Gasteiger partial charge in [0.25, 0.3) is 0 Å². The zero-order valence-corrected chi connectivity index (χ0v) is 11.7. The van der Waals surface area contributed by atoms with Crippen molar-refractivity contribution in [2.45, 2.75) is 6.10 Å². The summed E-state index contributed by atoms with van der Waals surface area (Å²) in [6.45, 7) is 0.423. The molecule has 0 saturated heterocycles. The van der Waals surface area contributed by atoms with E-state index < -0.39 is 0 Å². The number of alkyl halides is 1. The Morgan fingerprint density at radius 1 is 0.947 bits per heavy atom. The third-order valence-electron chi connectivity index (χ3n) is 2.71. The first-order valence-electron chi connectivity index (χ1n) is 5.89. The van der Waals surface area contributed by atoms with Crippen LogP contribution in [0.2, 0.25) is 5.02 Å². The van der Waals surface area contributed by atoms with Crippen LogP contribution in [-0.2, 0) is 4.74 Å². The molecule has 0 aliphatic rings. The van der Waals surface area contributed by atoms with Crippen LogP contribution in [0.4, 0.5) is 4.39 Å². The average molecular weight is 299 g/mol. The zero-order valence-electron chi connectivity index (χ0n) is 10.2. The first-order valence-corrected chi connectivity index (χ1v) is 6.80. The smallest absolute Gasteiger partial charge is 0.123 e. The molecule has 1 nitrogen and oxygen atoms in total. The Morgan fingerprint density at radius 3 is 2.00 bits per heavy atom. The van der Waals surface area contributed by atoms with Crippen LogP contribution < -0.4 is 0 Å². The molecule has 0 bridgehead atoms. The Kier molecular flexibility index (Phi) is 5.20. The van der Waals surface area contributed by atoms with Gasteiger partial charge in [-0.05, 0) is 35.4 Å². The van der Waals surface area contributed by atoms with Crippen LogP contribution in [0.15, 0.2) is 48.5 Å². The minimum atomic E-state index is -0.268. The van der Waals surface area contributed by atoms with Gasteiger partial charge >= 0.3 is 0 Å². The molecule has 0 amide bonds. The van der Waals surface area contributed by atoms with E-state index in [-0.39, 0.29) is 11.9 Å². The van der Waals surface area contributed by atoms with Crippen LogP contribution in [0, 0.1) is 5.82 Å². The molecule has 1 unspecified atom stereocenters. The van der Waals surface area contributed by atoms with Crippen LogP contribution in [0.5, 0.6) is 0 Å². The van der Waals surface area contributed by atoms with Crippen molar-refractivity contribution in [3.8, 4) is 0 Å². The van der Waals surface area contributed by atoms with Gasteiger partial charge in [0, 0.05) is 10.9 Å². The fraction of sp³-hybridized carbons (Fsp3) is 0.200. The number of hydrogen-bond donors (Lipinski definition) is 0. The molecule has 0 N–H and O–H groups in total. The standard InChI is InChI=1S/C15H13Cl2FO/c16-9-10-19-15(11-1-5-13(17)6-2-11)12-3-7-14(18)8-4-12/h1-8,15H,9-10H2. The van der Waals surface area contributed by atoms with Crippen molar-refractivity contribution in [1.82, 2.24) is 0 Å². The second-order valence-corrected chi connectivity index (χ2v) is 4.86. The van der Waals surface area contributed by atoms with E-state index in [0.29, 0.717) is 17.5 Å². The van der Waals surface area contributed by atoms with Gasteiger partial charge in [0.15, 0.2) is 0 Å². The Bertz CT molecular complexity index is 465. The molecule has 1 atom stereocenters. The molecule has 0 heterocycles. The van der Waals surface area contributed by atoms with Gasteiger partial charge < -0.3 is 4.74 Å². The van der Waals surface area contributed by atoms with E-state index in [1.165, 1.54) is 12.1 Å². The first-order chi connectivity index (χ1) is 9.20. The minimum absolute atomic E-state index is 0.267. The molecule has 4 heteroatoms. The highest BCUT2D eigenvalue weighted by molar-refractivity contribution is 6.30. The van der Waals surface area contributed by atoms with E-state index in [9.17, 15) is 4.39 Å². The average Bonchev–Trinajstić information content (AvgIpc) is 2.43. The Hall–Kier alpha value is -1.09. The van der Waals surface area contributed by atoms with Gasteiger partial charge in [0.1, 0.15) is 11.9 Å². The highest BCUT2D eigenvalue weighted by Crippen LogP contribution is 2.27. The van der Waals surface area contributed by atoms with Crippen molar-refractivity contribution in [2.24, 2.45) is 0 Å². The Labute approximate surface area is 121 Å². The fourth-order valence-electron chi connectivity index (χ4n) is 1.82. The number of benzene rings is 2. The second-order valence-electron chi connectivity index (χ2n) is 4.04. The third kappa shape index (κ3) is 3.93. The predicted octanol–water partition coefficient (Wildman–Crippen LogP) is 4.82. The quantitative estimate of drug-likeness (QED) is 0.719. The highest BCUT2D eigenvalue weighted by atomic mass is 35.5. The van der Waals surface area contributed by atoms with Crippen molar-refractivity contribution >= 4 is 23.2 Å². The van der Waals surface area contributed by atoms with Crippen molar-refractivity contribution in [2.75, 3.05) is 12.5 Å². The van der Waals surface area contributed by atoms with Gasteiger partial charge in [-0.1, -0.05) is 35.9 Å². The van der Waals surface area contributed by atoms with Gasteiger partial charge in [-0.2, -0.15) is 0 Å². The van der Waals surface area contributed by atoms with Gasteiger partial charge in [0.05, 0.1) is 6.61 Å². The van der Waals surface area contributed by atoms with Crippen molar-refractivity contribution in [1.29, 1.82) is 0 Å². The number of hydrogen-bond acceptors (Lipinski definition) is 1. The van der Waals surface area contributed by atoms with E-state index >= 15 is 0 Å². The summed E-state index contributed by atoms with van der Waals surface area (Å²) < 4.78 is 18.7. The molecule has 0 fully saturated rings. The van der Waals surface area contributed by atoms with E-state index in [0.717, 1.165) is 11.1 Å². The van der Waals surface area contributed by atoms with E-state index in [2.05, 4.69) is 0 Å². The molecule has 2 aromatic rings. The van der Waals surface area contributed by atoms with E-state index in [1.54, 1.807) is 24.3 Å². The van der Waals surface area contributed by atoms with Gasteiger partial charge in [0.2, 0.25) is 0 Å². The lowest BCUT2D eigenvalue weighted by molar-refractivity contribution is 0.0928. The number of ether oxygens (including phenoxy) is 1.